The first kappa shape index (κ1) is 12.9. The minimum atomic E-state index is -0.435. The van der Waals surface area contributed by atoms with Crippen LogP contribution in [0.25, 0.3) is 0 Å². The second-order valence-corrected chi connectivity index (χ2v) is 4.79. The number of halogens is 1. The van der Waals surface area contributed by atoms with Crippen LogP contribution in [0.2, 0.25) is 5.02 Å². The fraction of sp³-hybridized carbons (Fsp3) is 0.200. The molecule has 2 rings (SSSR count). The van der Waals surface area contributed by atoms with Crippen LogP contribution in [-0.4, -0.2) is 16.3 Å². The zero-order chi connectivity index (χ0) is 13.0. The summed E-state index contributed by atoms with van der Waals surface area (Å²) >= 11 is 5.81. The topological polar surface area (TPSA) is 40.5 Å². The molecule has 0 amide bonds. The second-order valence-electron chi connectivity index (χ2n) is 4.35. The Morgan fingerprint density at radius 3 is 1.78 bits per heavy atom. The summed E-state index contributed by atoms with van der Waals surface area (Å²) in [5.74, 6) is 0.242. The molecule has 2 aromatic rings. The standard InChI is InChI=1S/C15H15ClO2/c16-13-5-1-11(2-6-13)9-15(18)10-12-3-7-14(17)8-4-12/h1-8,15,17-18H,9-10H2. The lowest BCUT2D eigenvalue weighted by Crippen LogP contribution is -2.13. The highest BCUT2D eigenvalue weighted by molar-refractivity contribution is 6.30. The third-order valence-electron chi connectivity index (χ3n) is 2.79. The van der Waals surface area contributed by atoms with Crippen LogP contribution >= 0.6 is 11.6 Å². The highest BCUT2D eigenvalue weighted by atomic mass is 35.5. The van der Waals surface area contributed by atoms with Gasteiger partial charge in [0.1, 0.15) is 5.75 Å². The van der Waals surface area contributed by atoms with Crippen molar-refractivity contribution in [2.75, 3.05) is 0 Å². The molecule has 2 nitrogen and oxygen atoms in total. The first-order valence-corrected chi connectivity index (χ1v) is 6.22. The van der Waals surface area contributed by atoms with E-state index in [1.54, 1.807) is 12.1 Å². The van der Waals surface area contributed by atoms with E-state index in [-0.39, 0.29) is 5.75 Å². The van der Waals surface area contributed by atoms with Crippen LogP contribution in [-0.2, 0) is 12.8 Å². The van der Waals surface area contributed by atoms with Crippen LogP contribution in [0, 0.1) is 0 Å². The fourth-order valence-electron chi connectivity index (χ4n) is 1.87. The SMILES string of the molecule is Oc1ccc(CC(O)Cc2ccc(Cl)cc2)cc1. The first-order chi connectivity index (χ1) is 8.63. The summed E-state index contributed by atoms with van der Waals surface area (Å²) in [5, 5.41) is 19.9. The lowest BCUT2D eigenvalue weighted by Gasteiger charge is -2.11. The molecule has 2 N–H and O–H groups in total. The summed E-state index contributed by atoms with van der Waals surface area (Å²) in [4.78, 5) is 0. The van der Waals surface area contributed by atoms with Gasteiger partial charge in [0.15, 0.2) is 0 Å². The Labute approximate surface area is 111 Å². The van der Waals surface area contributed by atoms with Crippen LogP contribution in [0.15, 0.2) is 48.5 Å². The van der Waals surface area contributed by atoms with E-state index in [1.807, 2.05) is 36.4 Å². The molecule has 0 fully saturated rings. The van der Waals surface area contributed by atoms with Gasteiger partial charge in [-0.1, -0.05) is 35.9 Å². The van der Waals surface area contributed by atoms with Crippen molar-refractivity contribution >= 4 is 11.6 Å². The van der Waals surface area contributed by atoms with Crippen molar-refractivity contribution in [2.45, 2.75) is 18.9 Å². The molecule has 0 spiro atoms. The molecule has 1 unspecified atom stereocenters. The van der Waals surface area contributed by atoms with Crippen molar-refractivity contribution in [1.29, 1.82) is 0 Å². The van der Waals surface area contributed by atoms with Crippen LogP contribution in [0.3, 0.4) is 0 Å². The van der Waals surface area contributed by atoms with E-state index >= 15 is 0 Å². The Kier molecular flexibility index (Phi) is 4.24. The normalized spacial score (nSPS) is 12.3. The van der Waals surface area contributed by atoms with E-state index in [0.717, 1.165) is 11.1 Å². The van der Waals surface area contributed by atoms with Gasteiger partial charge in [-0.05, 0) is 48.2 Å². The number of benzene rings is 2. The molecule has 94 valence electrons. The van der Waals surface area contributed by atoms with Crippen LogP contribution in [0.1, 0.15) is 11.1 Å². The van der Waals surface area contributed by atoms with Gasteiger partial charge < -0.3 is 10.2 Å². The van der Waals surface area contributed by atoms with Gasteiger partial charge in [-0.3, -0.25) is 0 Å². The number of hydrogen-bond donors (Lipinski definition) is 2. The molecular formula is C15H15ClO2. The van der Waals surface area contributed by atoms with Crippen molar-refractivity contribution in [3.63, 3.8) is 0 Å². The van der Waals surface area contributed by atoms with Crippen LogP contribution in [0.5, 0.6) is 5.75 Å². The molecule has 3 heteroatoms. The molecule has 18 heavy (non-hydrogen) atoms. The Balaban J connectivity index is 1.94. The number of aliphatic hydroxyl groups excluding tert-OH is 1. The number of hydrogen-bond acceptors (Lipinski definition) is 2. The number of phenols is 1. The second kappa shape index (κ2) is 5.89. The van der Waals surface area contributed by atoms with E-state index in [1.165, 1.54) is 0 Å². The highest BCUT2D eigenvalue weighted by Gasteiger charge is 2.07. The lowest BCUT2D eigenvalue weighted by molar-refractivity contribution is 0.175. The average Bonchev–Trinajstić information content (AvgIpc) is 2.35. The summed E-state index contributed by atoms with van der Waals surface area (Å²) in [7, 11) is 0. The van der Waals surface area contributed by atoms with Gasteiger partial charge in [0.25, 0.3) is 0 Å². The third kappa shape index (κ3) is 3.76. The molecule has 1 atom stereocenters. The van der Waals surface area contributed by atoms with Crippen molar-refractivity contribution in [1.82, 2.24) is 0 Å². The number of phenolic OH excluding ortho intramolecular Hbond substituents is 1. The van der Waals surface area contributed by atoms with Crippen LogP contribution < -0.4 is 0 Å². The van der Waals surface area contributed by atoms with Crippen LogP contribution in [0.4, 0.5) is 0 Å². The average molecular weight is 263 g/mol. The van der Waals surface area contributed by atoms with E-state index in [9.17, 15) is 10.2 Å². The summed E-state index contributed by atoms with van der Waals surface area (Å²) in [5.41, 5.74) is 2.07. The van der Waals surface area contributed by atoms with Gasteiger partial charge in [-0.2, -0.15) is 0 Å². The maximum absolute atomic E-state index is 10.00. The molecule has 0 saturated carbocycles. The molecule has 0 aromatic heterocycles. The van der Waals surface area contributed by atoms with Gasteiger partial charge >= 0.3 is 0 Å². The molecule has 0 aliphatic heterocycles. The van der Waals surface area contributed by atoms with E-state index in [4.69, 9.17) is 11.6 Å². The monoisotopic (exact) mass is 262 g/mol. The fourth-order valence-corrected chi connectivity index (χ4v) is 1.99. The minimum Gasteiger partial charge on any atom is -0.508 e. The molecule has 0 aliphatic rings. The first-order valence-electron chi connectivity index (χ1n) is 5.84. The molecule has 0 bridgehead atoms. The van der Waals surface area contributed by atoms with Gasteiger partial charge in [-0.15, -0.1) is 0 Å². The zero-order valence-corrected chi connectivity index (χ0v) is 10.6. The molecule has 0 heterocycles. The van der Waals surface area contributed by atoms with Gasteiger partial charge in [0.2, 0.25) is 0 Å². The molecule has 0 saturated heterocycles. The Morgan fingerprint density at radius 2 is 1.28 bits per heavy atom. The highest BCUT2D eigenvalue weighted by Crippen LogP contribution is 2.15. The largest absolute Gasteiger partial charge is 0.508 e. The summed E-state index contributed by atoms with van der Waals surface area (Å²) in [6, 6.07) is 14.4. The zero-order valence-electron chi connectivity index (χ0n) is 9.88. The van der Waals surface area contributed by atoms with Gasteiger partial charge in [0.05, 0.1) is 6.10 Å². The van der Waals surface area contributed by atoms with Crippen molar-refractivity contribution in [2.24, 2.45) is 0 Å². The minimum absolute atomic E-state index is 0.242. The third-order valence-corrected chi connectivity index (χ3v) is 3.04. The number of aliphatic hydroxyl groups is 1. The summed E-state index contributed by atoms with van der Waals surface area (Å²) in [6.07, 6.45) is 0.733. The van der Waals surface area contributed by atoms with Crippen molar-refractivity contribution in [3.8, 4) is 5.75 Å². The van der Waals surface area contributed by atoms with Gasteiger partial charge in [0, 0.05) is 5.02 Å². The van der Waals surface area contributed by atoms with Gasteiger partial charge in [-0.25, -0.2) is 0 Å². The molecule has 0 radical (unpaired) electrons. The van der Waals surface area contributed by atoms with Crippen molar-refractivity contribution < 1.29 is 10.2 Å². The predicted octanol–water partition coefficient (Wildman–Crippen LogP) is 3.19. The maximum atomic E-state index is 10.00. The predicted molar refractivity (Wildman–Crippen MR) is 73.0 cm³/mol. The maximum Gasteiger partial charge on any atom is 0.115 e. The van der Waals surface area contributed by atoms with Crippen molar-refractivity contribution in [3.05, 3.63) is 64.7 Å². The van der Waals surface area contributed by atoms with E-state index < -0.39 is 6.10 Å². The smallest absolute Gasteiger partial charge is 0.115 e. The molecule has 2 aromatic carbocycles. The Morgan fingerprint density at radius 1 is 0.833 bits per heavy atom. The van der Waals surface area contributed by atoms with E-state index in [2.05, 4.69) is 0 Å². The molecular weight excluding hydrogens is 248 g/mol. The quantitative estimate of drug-likeness (QED) is 0.888. The van der Waals surface area contributed by atoms with E-state index in [0.29, 0.717) is 17.9 Å². The number of rotatable bonds is 4. The lowest BCUT2D eigenvalue weighted by atomic mass is 10.0. The summed E-state index contributed by atoms with van der Waals surface area (Å²) < 4.78 is 0. The molecule has 0 aliphatic carbocycles. The Bertz CT molecular complexity index is 443. The summed E-state index contributed by atoms with van der Waals surface area (Å²) in [6.45, 7) is 0. The number of aromatic hydroxyl groups is 1. The Hall–Kier alpha value is -1.51.